The molecule has 0 aromatic carbocycles. The number of aromatic nitrogens is 1. The van der Waals surface area contributed by atoms with Crippen molar-refractivity contribution in [3.63, 3.8) is 0 Å². The zero-order chi connectivity index (χ0) is 15.6. The van der Waals surface area contributed by atoms with Crippen molar-refractivity contribution in [2.75, 3.05) is 19.6 Å². The molecule has 2 heterocycles. The molecule has 0 amide bonds. The number of carbonyl (C=O) groups excluding carboxylic acids is 1. The van der Waals surface area contributed by atoms with Crippen LogP contribution in [0.25, 0.3) is 0 Å². The number of hydrogen-bond donors (Lipinski definition) is 0. The third kappa shape index (κ3) is 3.76. The highest BCUT2D eigenvalue weighted by Gasteiger charge is 2.22. The van der Waals surface area contributed by atoms with Crippen LogP contribution in [-0.2, 0) is 7.05 Å². The molecule has 1 aromatic heterocycles. The summed E-state index contributed by atoms with van der Waals surface area (Å²) in [7, 11) is 2.03. The van der Waals surface area contributed by atoms with Gasteiger partial charge in [0.15, 0.2) is 5.78 Å². The number of ketones is 1. The standard InChI is InChI=1S/C18H30N2O/c1-13(2)16-7-6-9-20(10-8-16)12-18(21)17-11-14(3)19(5)15(17)4/h11,13,16H,6-10,12H2,1-5H3. The smallest absolute Gasteiger partial charge is 0.178 e. The summed E-state index contributed by atoms with van der Waals surface area (Å²) in [6.07, 6.45) is 3.77. The van der Waals surface area contributed by atoms with E-state index in [4.69, 9.17) is 0 Å². The monoisotopic (exact) mass is 290 g/mol. The normalized spacial score (nSPS) is 20.8. The van der Waals surface area contributed by atoms with Gasteiger partial charge in [0, 0.05) is 24.0 Å². The maximum absolute atomic E-state index is 12.6. The van der Waals surface area contributed by atoms with Gasteiger partial charge < -0.3 is 4.57 Å². The summed E-state index contributed by atoms with van der Waals surface area (Å²) in [5.41, 5.74) is 3.15. The van der Waals surface area contributed by atoms with Crippen LogP contribution < -0.4 is 0 Å². The minimum atomic E-state index is 0.277. The average Bonchev–Trinajstić information content (AvgIpc) is 2.62. The third-order valence-electron chi connectivity index (χ3n) is 5.25. The van der Waals surface area contributed by atoms with Crippen molar-refractivity contribution in [1.29, 1.82) is 0 Å². The van der Waals surface area contributed by atoms with Gasteiger partial charge in [-0.05, 0) is 64.1 Å². The van der Waals surface area contributed by atoms with E-state index in [-0.39, 0.29) is 5.78 Å². The quantitative estimate of drug-likeness (QED) is 0.792. The van der Waals surface area contributed by atoms with Crippen LogP contribution in [0.4, 0.5) is 0 Å². The lowest BCUT2D eigenvalue weighted by atomic mass is 9.89. The van der Waals surface area contributed by atoms with Crippen LogP contribution >= 0.6 is 0 Å². The molecule has 118 valence electrons. The first-order chi connectivity index (χ1) is 9.90. The molecule has 1 unspecified atom stereocenters. The number of rotatable bonds is 4. The number of nitrogens with zero attached hydrogens (tertiary/aromatic N) is 2. The summed E-state index contributed by atoms with van der Waals surface area (Å²) in [6.45, 7) is 11.5. The molecular formula is C18H30N2O. The first-order valence-electron chi connectivity index (χ1n) is 8.28. The van der Waals surface area contributed by atoms with Gasteiger partial charge in [0.05, 0.1) is 6.54 Å². The Morgan fingerprint density at radius 3 is 2.57 bits per heavy atom. The van der Waals surface area contributed by atoms with Crippen LogP contribution in [0.1, 0.15) is 54.9 Å². The lowest BCUT2D eigenvalue weighted by Gasteiger charge is -2.20. The molecule has 3 nitrogen and oxygen atoms in total. The Labute approximate surface area is 129 Å². The Kier molecular flexibility index (Phi) is 5.26. The van der Waals surface area contributed by atoms with Gasteiger partial charge in [0.1, 0.15) is 0 Å². The second-order valence-electron chi connectivity index (χ2n) is 6.98. The van der Waals surface area contributed by atoms with E-state index in [0.717, 1.165) is 41.9 Å². The molecule has 1 aromatic rings. The van der Waals surface area contributed by atoms with E-state index in [1.807, 2.05) is 20.0 Å². The lowest BCUT2D eigenvalue weighted by Crippen LogP contribution is -2.31. The predicted octanol–water partition coefficient (Wildman–Crippen LogP) is 3.58. The third-order valence-corrected chi connectivity index (χ3v) is 5.25. The molecule has 1 aliphatic rings. The number of Topliss-reactive ketones (excluding diaryl/α,β-unsaturated/α-hetero) is 1. The SMILES string of the molecule is Cc1cc(C(=O)CN2CCCC(C(C)C)CC2)c(C)n1C. The molecule has 2 rings (SSSR count). The highest BCUT2D eigenvalue weighted by molar-refractivity contribution is 5.99. The first-order valence-corrected chi connectivity index (χ1v) is 8.28. The molecule has 0 spiro atoms. The van der Waals surface area contributed by atoms with Gasteiger partial charge in [-0.2, -0.15) is 0 Å². The molecule has 0 aliphatic carbocycles. The van der Waals surface area contributed by atoms with Crippen molar-refractivity contribution in [2.24, 2.45) is 18.9 Å². The Bertz CT molecular complexity index is 502. The molecule has 21 heavy (non-hydrogen) atoms. The number of hydrogen-bond acceptors (Lipinski definition) is 2. The molecule has 3 heteroatoms. The minimum absolute atomic E-state index is 0.277. The Morgan fingerprint density at radius 2 is 2.00 bits per heavy atom. The molecule has 0 radical (unpaired) electrons. The van der Waals surface area contributed by atoms with Crippen LogP contribution in [0.3, 0.4) is 0 Å². The van der Waals surface area contributed by atoms with Crippen molar-refractivity contribution >= 4 is 5.78 Å². The average molecular weight is 290 g/mol. The van der Waals surface area contributed by atoms with E-state index < -0.39 is 0 Å². The van der Waals surface area contributed by atoms with Crippen LogP contribution in [0, 0.1) is 25.7 Å². The molecule has 0 N–H and O–H groups in total. The van der Waals surface area contributed by atoms with Crippen molar-refractivity contribution in [2.45, 2.75) is 47.0 Å². The molecule has 1 aliphatic heterocycles. The lowest BCUT2D eigenvalue weighted by molar-refractivity contribution is 0.0931. The highest BCUT2D eigenvalue weighted by Crippen LogP contribution is 2.25. The summed E-state index contributed by atoms with van der Waals surface area (Å²) < 4.78 is 2.10. The minimum Gasteiger partial charge on any atom is -0.351 e. The number of likely N-dealkylation sites (tertiary alicyclic amines) is 1. The predicted molar refractivity (Wildman–Crippen MR) is 87.8 cm³/mol. The summed E-state index contributed by atoms with van der Waals surface area (Å²) in [5.74, 6) is 1.87. The zero-order valence-corrected chi connectivity index (χ0v) is 14.3. The fraction of sp³-hybridized carbons (Fsp3) is 0.722. The van der Waals surface area contributed by atoms with Gasteiger partial charge in [-0.25, -0.2) is 0 Å². The summed E-state index contributed by atoms with van der Waals surface area (Å²) in [6, 6.07) is 2.03. The van der Waals surface area contributed by atoms with Crippen LogP contribution in [0.15, 0.2) is 6.07 Å². The van der Waals surface area contributed by atoms with Gasteiger partial charge in [-0.1, -0.05) is 13.8 Å². The molecule has 0 bridgehead atoms. The van der Waals surface area contributed by atoms with Gasteiger partial charge in [0.25, 0.3) is 0 Å². The second-order valence-corrected chi connectivity index (χ2v) is 6.98. The maximum atomic E-state index is 12.6. The highest BCUT2D eigenvalue weighted by atomic mass is 16.1. The zero-order valence-electron chi connectivity index (χ0n) is 14.3. The maximum Gasteiger partial charge on any atom is 0.178 e. The Morgan fingerprint density at radius 1 is 1.29 bits per heavy atom. The molecule has 1 atom stereocenters. The molecule has 1 fully saturated rings. The van der Waals surface area contributed by atoms with E-state index in [1.54, 1.807) is 0 Å². The number of aryl methyl sites for hydroxylation is 1. The van der Waals surface area contributed by atoms with E-state index >= 15 is 0 Å². The van der Waals surface area contributed by atoms with Gasteiger partial charge >= 0.3 is 0 Å². The Hall–Kier alpha value is -1.09. The van der Waals surface area contributed by atoms with Gasteiger partial charge in [0.2, 0.25) is 0 Å². The Balaban J connectivity index is 1.98. The fourth-order valence-corrected chi connectivity index (χ4v) is 3.43. The van der Waals surface area contributed by atoms with Crippen molar-refractivity contribution in [3.05, 3.63) is 23.0 Å². The molecule has 1 saturated heterocycles. The van der Waals surface area contributed by atoms with Crippen molar-refractivity contribution < 1.29 is 4.79 Å². The van der Waals surface area contributed by atoms with Crippen LogP contribution in [-0.4, -0.2) is 34.9 Å². The number of carbonyl (C=O) groups is 1. The van der Waals surface area contributed by atoms with Gasteiger partial charge in [-0.3, -0.25) is 9.69 Å². The molecule has 0 saturated carbocycles. The van der Waals surface area contributed by atoms with Crippen molar-refractivity contribution in [3.8, 4) is 0 Å². The fourth-order valence-electron chi connectivity index (χ4n) is 3.43. The van der Waals surface area contributed by atoms with Gasteiger partial charge in [-0.15, -0.1) is 0 Å². The largest absolute Gasteiger partial charge is 0.351 e. The van der Waals surface area contributed by atoms with Crippen LogP contribution in [0.2, 0.25) is 0 Å². The summed E-state index contributed by atoms with van der Waals surface area (Å²) >= 11 is 0. The summed E-state index contributed by atoms with van der Waals surface area (Å²) in [4.78, 5) is 14.9. The van der Waals surface area contributed by atoms with E-state index in [0.29, 0.717) is 6.54 Å². The molecular weight excluding hydrogens is 260 g/mol. The van der Waals surface area contributed by atoms with E-state index in [9.17, 15) is 4.79 Å². The van der Waals surface area contributed by atoms with Crippen LogP contribution in [0.5, 0.6) is 0 Å². The summed E-state index contributed by atoms with van der Waals surface area (Å²) in [5, 5.41) is 0. The van der Waals surface area contributed by atoms with E-state index in [2.05, 4.69) is 30.2 Å². The second kappa shape index (κ2) is 6.78. The first kappa shape index (κ1) is 16.3. The topological polar surface area (TPSA) is 25.2 Å². The van der Waals surface area contributed by atoms with E-state index in [1.165, 1.54) is 19.3 Å². The van der Waals surface area contributed by atoms with Crippen molar-refractivity contribution in [1.82, 2.24) is 9.47 Å².